The lowest BCUT2D eigenvalue weighted by atomic mass is 9.87. The smallest absolute Gasteiger partial charge is 0.330 e. The topological polar surface area (TPSA) is 115 Å². The molecule has 5 rings (SSSR count). The molecule has 10 nitrogen and oxygen atoms in total. The van der Waals surface area contributed by atoms with E-state index in [1.54, 1.807) is 6.92 Å². The minimum atomic E-state index is -1.46. The molecule has 184 valence electrons. The van der Waals surface area contributed by atoms with Gasteiger partial charge in [0.1, 0.15) is 23.9 Å². The molecule has 0 spiro atoms. The standard InChI is InChI=1S/C23H30N3O7P/c1-14-12-25(22(29)24-20(14)28)21-19(30-3)18(16(13-27)31-21)32-34-26-11-7-10-17(26)23(2,33-34)15-8-5-4-6-9-15/h4-6,8-9,12,16-19,21,27H,7,10-11,13H2,1-3H3,(H,24,28,29)/t16-,17+,18?,19+,21-,23-,34+/m1/s1. The molecule has 11 heteroatoms. The normalized spacial score (nSPS) is 35.6. The summed E-state index contributed by atoms with van der Waals surface area (Å²) in [6, 6.07) is 10.3. The summed E-state index contributed by atoms with van der Waals surface area (Å²) in [5.41, 5.74) is -0.128. The maximum Gasteiger partial charge on any atom is 0.330 e. The first-order valence-corrected chi connectivity index (χ1v) is 12.6. The lowest BCUT2D eigenvalue weighted by Crippen LogP contribution is -2.40. The van der Waals surface area contributed by atoms with Crippen molar-refractivity contribution in [3.63, 3.8) is 0 Å². The summed E-state index contributed by atoms with van der Waals surface area (Å²) in [5.74, 6) is 0. The number of aromatic nitrogens is 2. The number of aromatic amines is 1. The number of fused-ring (bicyclic) bond motifs is 1. The van der Waals surface area contributed by atoms with Crippen molar-refractivity contribution < 1.29 is 23.6 Å². The van der Waals surface area contributed by atoms with Crippen molar-refractivity contribution in [2.45, 2.75) is 62.9 Å². The number of H-pyrrole nitrogens is 1. The predicted octanol–water partition coefficient (Wildman–Crippen LogP) is 1.77. The highest BCUT2D eigenvalue weighted by atomic mass is 31.2. The molecule has 2 N–H and O–H groups in total. The van der Waals surface area contributed by atoms with E-state index in [-0.39, 0.29) is 12.6 Å². The second-order valence-corrected chi connectivity index (χ2v) is 10.5. The maximum atomic E-state index is 12.5. The average molecular weight is 491 g/mol. The molecule has 3 saturated heterocycles. The Morgan fingerprint density at radius 3 is 2.74 bits per heavy atom. The van der Waals surface area contributed by atoms with Gasteiger partial charge in [-0.25, -0.2) is 9.46 Å². The lowest BCUT2D eigenvalue weighted by molar-refractivity contribution is -0.0626. The zero-order valence-electron chi connectivity index (χ0n) is 19.4. The number of nitrogens with one attached hydrogen (secondary N) is 1. The largest absolute Gasteiger partial charge is 0.394 e. The van der Waals surface area contributed by atoms with Gasteiger partial charge in [0, 0.05) is 25.4 Å². The van der Waals surface area contributed by atoms with Gasteiger partial charge in [0.15, 0.2) is 6.23 Å². The fraction of sp³-hybridized carbons (Fsp3) is 0.565. The van der Waals surface area contributed by atoms with E-state index in [0.29, 0.717) is 5.56 Å². The van der Waals surface area contributed by atoms with Crippen LogP contribution in [0.15, 0.2) is 46.1 Å². The Kier molecular flexibility index (Phi) is 6.50. The second-order valence-electron chi connectivity index (χ2n) is 9.12. The number of aliphatic hydroxyl groups is 1. The molecule has 3 aliphatic heterocycles. The summed E-state index contributed by atoms with van der Waals surface area (Å²) >= 11 is 0. The van der Waals surface area contributed by atoms with Gasteiger partial charge >= 0.3 is 5.69 Å². The Balaban J connectivity index is 1.44. The van der Waals surface area contributed by atoms with Crippen molar-refractivity contribution in [2.24, 2.45) is 0 Å². The predicted molar refractivity (Wildman–Crippen MR) is 124 cm³/mol. The van der Waals surface area contributed by atoms with E-state index in [4.69, 9.17) is 18.5 Å². The Bertz CT molecular complexity index is 1140. The zero-order chi connectivity index (χ0) is 24.0. The molecule has 34 heavy (non-hydrogen) atoms. The molecule has 0 radical (unpaired) electrons. The number of hydrogen-bond acceptors (Lipinski definition) is 8. The van der Waals surface area contributed by atoms with E-state index in [2.05, 4.69) is 28.7 Å². The van der Waals surface area contributed by atoms with E-state index < -0.39 is 49.9 Å². The summed E-state index contributed by atoms with van der Waals surface area (Å²) in [6.45, 7) is 4.25. The van der Waals surface area contributed by atoms with E-state index in [9.17, 15) is 14.7 Å². The van der Waals surface area contributed by atoms with Gasteiger partial charge in [0.25, 0.3) is 14.1 Å². The first kappa shape index (κ1) is 23.8. The summed E-state index contributed by atoms with van der Waals surface area (Å²) in [4.78, 5) is 26.6. The van der Waals surface area contributed by atoms with Crippen LogP contribution in [-0.4, -0.2) is 63.9 Å². The van der Waals surface area contributed by atoms with Crippen molar-refractivity contribution in [1.29, 1.82) is 0 Å². The maximum absolute atomic E-state index is 12.5. The third kappa shape index (κ3) is 3.87. The van der Waals surface area contributed by atoms with Crippen LogP contribution in [0.1, 0.15) is 37.1 Å². The zero-order valence-corrected chi connectivity index (χ0v) is 20.3. The molecule has 0 bridgehead atoms. The number of methoxy groups -OCH3 is 1. The molecular weight excluding hydrogens is 461 g/mol. The van der Waals surface area contributed by atoms with Crippen LogP contribution in [0.25, 0.3) is 0 Å². The molecule has 3 aliphatic rings. The Hall–Kier alpha value is -1.91. The first-order chi connectivity index (χ1) is 16.4. The highest BCUT2D eigenvalue weighted by Gasteiger charge is 2.57. The van der Waals surface area contributed by atoms with Gasteiger partial charge in [-0.2, -0.15) is 0 Å². The fourth-order valence-electron chi connectivity index (χ4n) is 5.21. The monoisotopic (exact) mass is 491 g/mol. The Labute approximate surface area is 198 Å². The van der Waals surface area contributed by atoms with Crippen LogP contribution in [0.3, 0.4) is 0 Å². The van der Waals surface area contributed by atoms with E-state index >= 15 is 0 Å². The van der Waals surface area contributed by atoms with Gasteiger partial charge in [0.05, 0.1) is 12.6 Å². The molecule has 1 aromatic carbocycles. The molecule has 1 aromatic heterocycles. The quantitative estimate of drug-likeness (QED) is 0.588. The van der Waals surface area contributed by atoms with E-state index in [1.165, 1.54) is 17.9 Å². The highest BCUT2D eigenvalue weighted by molar-refractivity contribution is 7.45. The minimum Gasteiger partial charge on any atom is -0.394 e. The van der Waals surface area contributed by atoms with E-state index in [0.717, 1.165) is 24.9 Å². The van der Waals surface area contributed by atoms with Crippen LogP contribution in [0.5, 0.6) is 0 Å². The molecule has 1 unspecified atom stereocenters. The molecule has 0 aliphatic carbocycles. The molecule has 3 fully saturated rings. The lowest BCUT2D eigenvalue weighted by Gasteiger charge is -2.29. The minimum absolute atomic E-state index is 0.178. The van der Waals surface area contributed by atoms with Crippen LogP contribution in [0.4, 0.5) is 0 Å². The van der Waals surface area contributed by atoms with Crippen molar-refractivity contribution in [3.8, 4) is 0 Å². The molecule has 0 amide bonds. The molecule has 0 saturated carbocycles. The van der Waals surface area contributed by atoms with Gasteiger partial charge in [-0.1, -0.05) is 30.3 Å². The fourth-order valence-corrected chi connectivity index (χ4v) is 7.37. The highest BCUT2D eigenvalue weighted by Crippen LogP contribution is 2.64. The summed E-state index contributed by atoms with van der Waals surface area (Å²) < 4.78 is 28.4. The number of rotatable bonds is 6. The van der Waals surface area contributed by atoms with Crippen LogP contribution in [0.2, 0.25) is 0 Å². The first-order valence-electron chi connectivity index (χ1n) is 11.5. The van der Waals surface area contributed by atoms with Crippen molar-refractivity contribution in [3.05, 3.63) is 68.5 Å². The van der Waals surface area contributed by atoms with Crippen molar-refractivity contribution in [1.82, 2.24) is 14.2 Å². The molecule has 2 aromatic rings. The van der Waals surface area contributed by atoms with Gasteiger partial charge in [0.2, 0.25) is 0 Å². The average Bonchev–Trinajstić information content (AvgIpc) is 3.52. The second kappa shape index (κ2) is 9.28. The van der Waals surface area contributed by atoms with Gasteiger partial charge in [-0.3, -0.25) is 14.3 Å². The van der Waals surface area contributed by atoms with Crippen LogP contribution < -0.4 is 11.2 Å². The number of aryl methyl sites for hydroxylation is 1. The number of hydrogen-bond donors (Lipinski definition) is 2. The number of benzene rings is 1. The van der Waals surface area contributed by atoms with Crippen LogP contribution in [0, 0.1) is 6.92 Å². The summed E-state index contributed by atoms with van der Waals surface area (Å²) in [7, 11) is 0.0474. The van der Waals surface area contributed by atoms with E-state index in [1.807, 2.05) is 18.2 Å². The van der Waals surface area contributed by atoms with Gasteiger partial charge in [-0.05, 0) is 32.3 Å². The number of aliphatic hydroxyl groups excluding tert-OH is 1. The summed E-state index contributed by atoms with van der Waals surface area (Å²) in [5, 5.41) is 10.1. The molecule has 4 heterocycles. The third-order valence-electron chi connectivity index (χ3n) is 7.05. The number of ether oxygens (including phenoxy) is 2. The van der Waals surface area contributed by atoms with Crippen molar-refractivity contribution >= 4 is 8.53 Å². The Morgan fingerprint density at radius 1 is 1.26 bits per heavy atom. The molecular formula is C23H30N3O7P. The third-order valence-corrected chi connectivity index (χ3v) is 8.91. The molecule has 7 atom stereocenters. The van der Waals surface area contributed by atoms with Crippen LogP contribution in [-0.2, 0) is 24.1 Å². The van der Waals surface area contributed by atoms with Gasteiger partial charge in [-0.15, -0.1) is 0 Å². The SMILES string of the molecule is CO[C@H]1C(O[P@@]2O[C@](C)(c3ccccc3)[C@@H]3CCCN32)[C@@H](CO)O[C@H]1n1cc(C)c(=O)[nH]c1=O. The van der Waals surface area contributed by atoms with Gasteiger partial charge < -0.3 is 23.6 Å². The van der Waals surface area contributed by atoms with Crippen LogP contribution >= 0.6 is 8.53 Å². The summed E-state index contributed by atoms with van der Waals surface area (Å²) in [6.07, 6.45) is 0.509. The van der Waals surface area contributed by atoms with Crippen molar-refractivity contribution in [2.75, 3.05) is 20.3 Å². The Morgan fingerprint density at radius 2 is 2.03 bits per heavy atom. The number of nitrogens with zero attached hydrogens (tertiary/aromatic N) is 2.